The van der Waals surface area contributed by atoms with Crippen molar-refractivity contribution < 1.29 is 9.53 Å². The van der Waals surface area contributed by atoms with E-state index in [9.17, 15) is 4.79 Å². The first kappa shape index (κ1) is 15.5. The zero-order chi connectivity index (χ0) is 16.5. The van der Waals surface area contributed by atoms with E-state index in [1.807, 2.05) is 30.3 Å². The molecule has 1 amide bonds. The molecular weight excluding hydrogens is 322 g/mol. The van der Waals surface area contributed by atoms with E-state index in [0.717, 1.165) is 6.54 Å². The Bertz CT molecular complexity index is 737. The third-order valence-corrected chi connectivity index (χ3v) is 5.87. The number of rotatable bonds is 4. The van der Waals surface area contributed by atoms with Crippen LogP contribution in [0.5, 0.6) is 10.8 Å². The Kier molecular flexibility index (Phi) is 4.16. The zero-order valence-electron chi connectivity index (χ0n) is 13.4. The fraction of sp³-hybridized carbons (Fsp3) is 0.389. The molecule has 1 aromatic carbocycles. The average Bonchev–Trinajstić information content (AvgIpc) is 3.07. The molecule has 3 aliphatic heterocycles. The van der Waals surface area contributed by atoms with Gasteiger partial charge in [-0.3, -0.25) is 4.79 Å². The Balaban J connectivity index is 1.41. The Morgan fingerprint density at radius 1 is 1.21 bits per heavy atom. The van der Waals surface area contributed by atoms with Crippen LogP contribution in [0.1, 0.15) is 22.5 Å². The van der Waals surface area contributed by atoms with E-state index < -0.39 is 0 Å². The molecule has 5 rings (SSSR count). The first-order chi connectivity index (χ1) is 11.7. The molecule has 0 aliphatic carbocycles. The van der Waals surface area contributed by atoms with Crippen LogP contribution in [0.4, 0.5) is 5.69 Å². The van der Waals surface area contributed by atoms with E-state index in [-0.39, 0.29) is 11.9 Å². The average molecular weight is 343 g/mol. The van der Waals surface area contributed by atoms with Crippen LogP contribution in [-0.2, 0) is 0 Å². The number of carbonyl (C=O) groups is 1. The van der Waals surface area contributed by atoms with E-state index in [0.29, 0.717) is 27.3 Å². The monoisotopic (exact) mass is 343 g/mol. The molecule has 126 valence electrons. The predicted molar refractivity (Wildman–Crippen MR) is 95.7 cm³/mol. The molecule has 1 unspecified atom stereocenters. The fourth-order valence-electron chi connectivity index (χ4n) is 3.55. The van der Waals surface area contributed by atoms with Crippen LogP contribution in [0.25, 0.3) is 0 Å². The van der Waals surface area contributed by atoms with Crippen molar-refractivity contribution in [2.45, 2.75) is 18.9 Å². The highest BCUT2D eigenvalue weighted by Crippen LogP contribution is 2.33. The molecule has 1 atom stereocenters. The van der Waals surface area contributed by atoms with E-state index in [4.69, 9.17) is 10.5 Å². The number of piperidine rings is 3. The SMILES string of the molecule is Nc1ccccc1Oc1ccc(C(=O)NC2CN3CCC2CC3)s1. The second-order valence-electron chi connectivity index (χ2n) is 6.48. The number of nitrogen functional groups attached to an aromatic ring is 1. The van der Waals surface area contributed by atoms with Crippen molar-refractivity contribution in [2.24, 2.45) is 5.92 Å². The molecular formula is C18H21N3O2S. The number of hydrogen-bond acceptors (Lipinski definition) is 5. The molecule has 6 heteroatoms. The number of thiophene rings is 1. The van der Waals surface area contributed by atoms with Gasteiger partial charge in [0.1, 0.15) is 0 Å². The second-order valence-corrected chi connectivity index (χ2v) is 7.52. The Morgan fingerprint density at radius 3 is 2.71 bits per heavy atom. The highest BCUT2D eigenvalue weighted by atomic mass is 32.1. The molecule has 5 nitrogen and oxygen atoms in total. The molecule has 2 aromatic rings. The molecule has 0 spiro atoms. The summed E-state index contributed by atoms with van der Waals surface area (Å²) in [7, 11) is 0. The minimum atomic E-state index is -0.00497. The molecule has 3 N–H and O–H groups in total. The lowest BCUT2D eigenvalue weighted by Gasteiger charge is -2.44. The number of hydrogen-bond donors (Lipinski definition) is 2. The summed E-state index contributed by atoms with van der Waals surface area (Å²) in [6.45, 7) is 3.32. The Hall–Kier alpha value is -2.05. The van der Waals surface area contributed by atoms with Gasteiger partial charge >= 0.3 is 0 Å². The lowest BCUT2D eigenvalue weighted by Crippen LogP contribution is -2.57. The summed E-state index contributed by atoms with van der Waals surface area (Å²) < 4.78 is 5.78. The van der Waals surface area contributed by atoms with Gasteiger partial charge in [0.05, 0.1) is 10.6 Å². The van der Waals surface area contributed by atoms with E-state index in [1.54, 1.807) is 6.07 Å². The minimum absolute atomic E-state index is 0.00497. The number of carbonyl (C=O) groups excluding carboxylic acids is 1. The number of fused-ring (bicyclic) bond motifs is 3. The van der Waals surface area contributed by atoms with Gasteiger partial charge in [-0.1, -0.05) is 23.5 Å². The van der Waals surface area contributed by atoms with E-state index >= 15 is 0 Å². The molecule has 3 saturated heterocycles. The quantitative estimate of drug-likeness (QED) is 0.838. The maximum Gasteiger partial charge on any atom is 0.261 e. The van der Waals surface area contributed by atoms with Gasteiger partial charge in [-0.2, -0.15) is 0 Å². The van der Waals surface area contributed by atoms with Crippen molar-refractivity contribution in [2.75, 3.05) is 25.4 Å². The third kappa shape index (κ3) is 3.12. The standard InChI is InChI=1S/C18H21N3O2S/c19-13-3-1-2-4-15(13)23-17-6-5-16(24-17)18(22)20-14-11-21-9-7-12(14)8-10-21/h1-6,12,14H,7-11,19H2,(H,20,22). The van der Waals surface area contributed by atoms with Gasteiger partial charge in [0, 0.05) is 12.6 Å². The van der Waals surface area contributed by atoms with Crippen molar-refractivity contribution in [3.63, 3.8) is 0 Å². The highest BCUT2D eigenvalue weighted by molar-refractivity contribution is 7.15. The molecule has 24 heavy (non-hydrogen) atoms. The van der Waals surface area contributed by atoms with Gasteiger partial charge in [0.25, 0.3) is 5.91 Å². The summed E-state index contributed by atoms with van der Waals surface area (Å²) in [4.78, 5) is 15.6. The molecule has 1 aromatic heterocycles. The smallest absolute Gasteiger partial charge is 0.261 e. The largest absolute Gasteiger partial charge is 0.445 e. The van der Waals surface area contributed by atoms with Gasteiger partial charge in [-0.25, -0.2) is 0 Å². The number of amides is 1. The topological polar surface area (TPSA) is 67.6 Å². The van der Waals surface area contributed by atoms with Crippen LogP contribution >= 0.6 is 11.3 Å². The fourth-order valence-corrected chi connectivity index (χ4v) is 4.32. The molecule has 0 radical (unpaired) electrons. The van der Waals surface area contributed by atoms with Crippen LogP contribution in [-0.4, -0.2) is 36.5 Å². The van der Waals surface area contributed by atoms with Crippen molar-refractivity contribution >= 4 is 22.9 Å². The molecule has 3 aliphatic rings. The van der Waals surface area contributed by atoms with E-state index in [2.05, 4.69) is 10.2 Å². The summed E-state index contributed by atoms with van der Waals surface area (Å²) >= 11 is 1.35. The van der Waals surface area contributed by atoms with Gasteiger partial charge < -0.3 is 20.7 Å². The number of ether oxygens (including phenoxy) is 1. The van der Waals surface area contributed by atoms with Crippen LogP contribution in [0.2, 0.25) is 0 Å². The first-order valence-corrected chi connectivity index (χ1v) is 9.16. The van der Waals surface area contributed by atoms with Crippen LogP contribution in [0.3, 0.4) is 0 Å². The number of nitrogens with zero attached hydrogens (tertiary/aromatic N) is 1. The summed E-state index contributed by atoms with van der Waals surface area (Å²) in [5.74, 6) is 1.23. The van der Waals surface area contributed by atoms with Crippen LogP contribution in [0.15, 0.2) is 36.4 Å². The summed E-state index contributed by atoms with van der Waals surface area (Å²) in [5, 5.41) is 3.88. The summed E-state index contributed by atoms with van der Waals surface area (Å²) in [5.41, 5.74) is 6.48. The number of nitrogens with two attached hydrogens (primary N) is 1. The number of anilines is 1. The maximum atomic E-state index is 12.5. The van der Waals surface area contributed by atoms with Gasteiger partial charge in [-0.15, -0.1) is 0 Å². The normalized spacial score (nSPS) is 25.4. The maximum absolute atomic E-state index is 12.5. The minimum Gasteiger partial charge on any atom is -0.445 e. The van der Waals surface area contributed by atoms with Crippen LogP contribution < -0.4 is 15.8 Å². The molecule has 0 saturated carbocycles. The Labute approximate surface area is 145 Å². The summed E-state index contributed by atoms with van der Waals surface area (Å²) in [6, 6.07) is 11.3. The van der Waals surface area contributed by atoms with Crippen molar-refractivity contribution in [1.29, 1.82) is 0 Å². The van der Waals surface area contributed by atoms with E-state index in [1.165, 1.54) is 37.3 Å². The van der Waals surface area contributed by atoms with Crippen LogP contribution in [0, 0.1) is 5.92 Å². The molecule has 2 bridgehead atoms. The third-order valence-electron chi connectivity index (χ3n) is 4.91. The predicted octanol–water partition coefficient (Wildman–Crippen LogP) is 2.95. The number of para-hydroxylation sites is 2. The Morgan fingerprint density at radius 2 is 2.00 bits per heavy atom. The first-order valence-electron chi connectivity index (χ1n) is 8.34. The molecule has 4 heterocycles. The number of benzene rings is 1. The van der Waals surface area contributed by atoms with Gasteiger partial charge in [0.2, 0.25) is 0 Å². The highest BCUT2D eigenvalue weighted by Gasteiger charge is 2.35. The van der Waals surface area contributed by atoms with Gasteiger partial charge in [-0.05, 0) is 56.1 Å². The number of nitrogens with one attached hydrogen (secondary N) is 1. The van der Waals surface area contributed by atoms with Crippen molar-refractivity contribution in [3.05, 3.63) is 41.3 Å². The van der Waals surface area contributed by atoms with Crippen molar-refractivity contribution in [1.82, 2.24) is 10.2 Å². The van der Waals surface area contributed by atoms with Crippen molar-refractivity contribution in [3.8, 4) is 10.8 Å². The summed E-state index contributed by atoms with van der Waals surface area (Å²) in [6.07, 6.45) is 2.38. The second kappa shape index (κ2) is 6.45. The molecule has 3 fully saturated rings. The lowest BCUT2D eigenvalue weighted by atomic mass is 9.84. The van der Waals surface area contributed by atoms with Gasteiger partial charge in [0.15, 0.2) is 10.8 Å². The zero-order valence-corrected chi connectivity index (χ0v) is 14.2. The lowest BCUT2D eigenvalue weighted by molar-refractivity contribution is 0.0622.